The molecule has 32 heavy (non-hydrogen) atoms. The van der Waals surface area contributed by atoms with Gasteiger partial charge in [-0.2, -0.15) is 10.2 Å². The van der Waals surface area contributed by atoms with E-state index in [2.05, 4.69) is 20.5 Å². The topological polar surface area (TPSA) is 107 Å². The lowest BCUT2D eigenvalue weighted by Gasteiger charge is -2.16. The van der Waals surface area contributed by atoms with E-state index in [0.717, 1.165) is 11.1 Å². The molecule has 0 fully saturated rings. The van der Waals surface area contributed by atoms with Crippen molar-refractivity contribution in [1.82, 2.24) is 24.4 Å². The molecule has 4 rings (SSSR count). The average molecular weight is 435 g/mol. The number of nitrogens with zero attached hydrogens (tertiary/aromatic N) is 5. The highest BCUT2D eigenvalue weighted by atomic mass is 16.5. The van der Waals surface area contributed by atoms with Crippen LogP contribution < -0.4 is 10.1 Å². The molecule has 0 spiro atoms. The fraction of sp³-hybridized carbons (Fsp3) is 0.304. The third kappa shape index (κ3) is 4.47. The maximum absolute atomic E-state index is 13.1. The number of aryl methyl sites for hydroxylation is 1. The van der Waals surface area contributed by atoms with Gasteiger partial charge in [0.25, 0.3) is 5.91 Å². The first-order valence-electron chi connectivity index (χ1n) is 10.4. The maximum atomic E-state index is 13.1. The zero-order chi connectivity index (χ0) is 22.9. The minimum Gasteiger partial charge on any atom is -0.493 e. The first-order valence-corrected chi connectivity index (χ1v) is 10.4. The third-order valence-electron chi connectivity index (χ3n) is 4.77. The Kier molecular flexibility index (Phi) is 5.67. The van der Waals surface area contributed by atoms with Crippen LogP contribution in [0.5, 0.6) is 5.75 Å². The number of carbonyl (C=O) groups is 1. The van der Waals surface area contributed by atoms with Crippen LogP contribution in [0.3, 0.4) is 0 Å². The number of anilines is 1. The average Bonchev–Trinajstić information content (AvgIpc) is 3.32. The second-order valence-corrected chi connectivity index (χ2v) is 8.23. The quantitative estimate of drug-likeness (QED) is 0.462. The third-order valence-corrected chi connectivity index (χ3v) is 4.77. The van der Waals surface area contributed by atoms with Gasteiger partial charge in [0.1, 0.15) is 17.0 Å². The number of carbonyl (C=O) groups excluding carboxylic acids is 1. The van der Waals surface area contributed by atoms with E-state index in [0.29, 0.717) is 34.9 Å². The summed E-state index contributed by atoms with van der Waals surface area (Å²) in [5.41, 5.74) is 2.67. The number of aliphatic hydroxyl groups is 1. The largest absolute Gasteiger partial charge is 0.493 e. The molecule has 0 unspecified atom stereocenters. The molecule has 0 saturated heterocycles. The molecule has 0 saturated carbocycles. The summed E-state index contributed by atoms with van der Waals surface area (Å²) in [6.45, 7) is 8.05. The van der Waals surface area contributed by atoms with Gasteiger partial charge in [0.05, 0.1) is 30.6 Å². The number of fused-ring (bicyclic) bond motifs is 1. The van der Waals surface area contributed by atoms with Crippen LogP contribution in [-0.2, 0) is 6.54 Å². The Morgan fingerprint density at radius 2 is 2.12 bits per heavy atom. The normalized spacial score (nSPS) is 11.7. The van der Waals surface area contributed by atoms with E-state index in [1.807, 2.05) is 32.0 Å². The number of aromatic nitrogens is 5. The molecule has 0 atom stereocenters. The first kappa shape index (κ1) is 21.5. The number of nitrogens with one attached hydrogen (secondary N) is 1. The van der Waals surface area contributed by atoms with Gasteiger partial charge in [0, 0.05) is 24.2 Å². The highest BCUT2D eigenvalue weighted by Crippen LogP contribution is 2.35. The summed E-state index contributed by atoms with van der Waals surface area (Å²) >= 11 is 0. The zero-order valence-corrected chi connectivity index (χ0v) is 18.5. The number of benzene rings is 1. The lowest BCUT2D eigenvalue weighted by Crippen LogP contribution is -2.26. The Hall–Kier alpha value is -3.72. The fourth-order valence-electron chi connectivity index (χ4n) is 3.48. The molecular formula is C23H26N6O3. The molecule has 1 aromatic carbocycles. The standard InChI is InChI=1S/C23H26N6O3/c1-5-32-19-8-7-15(2)11-16(19)20-18(13-28(27-20)14-23(3,4)31)26-22(30)17-12-25-29-10-6-9-24-21(17)29/h6-13,31H,5,14H2,1-4H3,(H,26,30). The van der Waals surface area contributed by atoms with Crippen LogP contribution in [0.1, 0.15) is 36.7 Å². The maximum Gasteiger partial charge on any atom is 0.261 e. The Balaban J connectivity index is 1.77. The van der Waals surface area contributed by atoms with Crippen molar-refractivity contribution in [2.45, 2.75) is 39.8 Å². The van der Waals surface area contributed by atoms with Crippen molar-refractivity contribution in [2.75, 3.05) is 11.9 Å². The molecule has 0 bridgehead atoms. The van der Waals surface area contributed by atoms with Crippen molar-refractivity contribution in [3.63, 3.8) is 0 Å². The molecule has 0 aliphatic rings. The predicted molar refractivity (Wildman–Crippen MR) is 121 cm³/mol. The number of hydrogen-bond acceptors (Lipinski definition) is 6. The molecule has 9 nitrogen and oxygen atoms in total. The van der Waals surface area contributed by atoms with Crippen LogP contribution in [0.15, 0.2) is 49.1 Å². The van der Waals surface area contributed by atoms with Crippen LogP contribution in [0, 0.1) is 6.92 Å². The Morgan fingerprint density at radius 3 is 2.88 bits per heavy atom. The van der Waals surface area contributed by atoms with Gasteiger partial charge in [-0.1, -0.05) is 11.6 Å². The van der Waals surface area contributed by atoms with Gasteiger partial charge in [-0.3, -0.25) is 9.48 Å². The highest BCUT2D eigenvalue weighted by molar-refractivity contribution is 6.09. The minimum atomic E-state index is -0.980. The zero-order valence-electron chi connectivity index (χ0n) is 18.5. The van der Waals surface area contributed by atoms with E-state index in [-0.39, 0.29) is 12.5 Å². The second kappa shape index (κ2) is 8.43. The van der Waals surface area contributed by atoms with Crippen molar-refractivity contribution in [3.8, 4) is 17.0 Å². The van der Waals surface area contributed by atoms with Gasteiger partial charge < -0.3 is 15.2 Å². The Morgan fingerprint density at radius 1 is 1.31 bits per heavy atom. The van der Waals surface area contributed by atoms with Gasteiger partial charge in [0.2, 0.25) is 0 Å². The minimum absolute atomic E-state index is 0.254. The highest BCUT2D eigenvalue weighted by Gasteiger charge is 2.22. The van der Waals surface area contributed by atoms with Crippen molar-refractivity contribution >= 4 is 17.2 Å². The van der Waals surface area contributed by atoms with Crippen LogP contribution >= 0.6 is 0 Å². The van der Waals surface area contributed by atoms with Crippen molar-refractivity contribution in [1.29, 1.82) is 0 Å². The van der Waals surface area contributed by atoms with Crippen LogP contribution in [0.2, 0.25) is 0 Å². The number of hydrogen-bond donors (Lipinski definition) is 2. The van der Waals surface area contributed by atoms with Gasteiger partial charge in [-0.05, 0) is 45.9 Å². The lowest BCUT2D eigenvalue weighted by atomic mass is 10.1. The van der Waals surface area contributed by atoms with Crippen molar-refractivity contribution < 1.29 is 14.6 Å². The summed E-state index contributed by atoms with van der Waals surface area (Å²) in [7, 11) is 0. The Labute approximate surface area is 185 Å². The summed E-state index contributed by atoms with van der Waals surface area (Å²) in [5, 5.41) is 22.1. The summed E-state index contributed by atoms with van der Waals surface area (Å²) in [6, 6.07) is 7.57. The molecule has 2 N–H and O–H groups in total. The summed E-state index contributed by atoms with van der Waals surface area (Å²) < 4.78 is 8.98. The van der Waals surface area contributed by atoms with E-state index in [4.69, 9.17) is 4.74 Å². The first-order chi connectivity index (χ1) is 15.2. The van der Waals surface area contributed by atoms with Crippen LogP contribution in [0.25, 0.3) is 16.9 Å². The van der Waals surface area contributed by atoms with E-state index in [9.17, 15) is 9.90 Å². The van der Waals surface area contributed by atoms with Crippen LogP contribution in [-0.4, -0.2) is 47.6 Å². The molecule has 3 heterocycles. The van der Waals surface area contributed by atoms with Gasteiger partial charge in [-0.25, -0.2) is 9.50 Å². The van der Waals surface area contributed by atoms with Gasteiger partial charge in [-0.15, -0.1) is 0 Å². The second-order valence-electron chi connectivity index (χ2n) is 8.23. The number of amides is 1. The molecule has 1 amide bonds. The van der Waals surface area contributed by atoms with E-state index < -0.39 is 5.60 Å². The summed E-state index contributed by atoms with van der Waals surface area (Å²) in [6.07, 6.45) is 6.54. The lowest BCUT2D eigenvalue weighted by molar-refractivity contribution is 0.0578. The summed E-state index contributed by atoms with van der Waals surface area (Å²) in [5.74, 6) is 0.313. The molecular weight excluding hydrogens is 408 g/mol. The van der Waals surface area contributed by atoms with E-state index >= 15 is 0 Å². The van der Waals surface area contributed by atoms with Crippen LogP contribution in [0.4, 0.5) is 5.69 Å². The molecule has 4 aromatic rings. The molecule has 166 valence electrons. The predicted octanol–water partition coefficient (Wildman–Crippen LogP) is 3.32. The molecule has 0 aliphatic carbocycles. The van der Waals surface area contributed by atoms with E-state index in [1.54, 1.807) is 47.7 Å². The molecule has 9 heteroatoms. The monoisotopic (exact) mass is 434 g/mol. The van der Waals surface area contributed by atoms with E-state index in [1.165, 1.54) is 6.20 Å². The number of rotatable bonds is 7. The van der Waals surface area contributed by atoms with Gasteiger partial charge >= 0.3 is 0 Å². The number of ether oxygens (including phenoxy) is 1. The summed E-state index contributed by atoms with van der Waals surface area (Å²) in [4.78, 5) is 17.4. The smallest absolute Gasteiger partial charge is 0.261 e. The molecule has 0 radical (unpaired) electrons. The fourth-order valence-corrected chi connectivity index (χ4v) is 3.48. The molecule has 0 aliphatic heterocycles. The molecule has 3 aromatic heterocycles. The SMILES string of the molecule is CCOc1ccc(C)cc1-c1nn(CC(C)(C)O)cc1NC(=O)c1cnn2cccnc12. The van der Waals surface area contributed by atoms with Crippen molar-refractivity contribution in [2.24, 2.45) is 0 Å². The Bertz CT molecular complexity index is 1270. The van der Waals surface area contributed by atoms with Crippen molar-refractivity contribution in [3.05, 3.63) is 60.2 Å². The van der Waals surface area contributed by atoms with Gasteiger partial charge in [0.15, 0.2) is 5.65 Å².